The third-order valence-corrected chi connectivity index (χ3v) is 4.93. The SMILES string of the molecule is C=O.CC.CC.CNc1cccc(CN(N)/C(=N\N)C(C)(COCc2ccccc2)NC(=O)C(C)(C)N)c1.CO. The quantitative estimate of drug-likeness (QED) is 0.110. The predicted molar refractivity (Wildman–Crippen MR) is 166 cm³/mol. The molecule has 2 aromatic rings. The third kappa shape index (κ3) is 15.2. The summed E-state index contributed by atoms with van der Waals surface area (Å²) in [6, 6.07) is 17.5. The second-order valence-electron chi connectivity index (χ2n) is 8.52. The molecule has 1 unspecified atom stereocenters. The van der Waals surface area contributed by atoms with Gasteiger partial charge in [0, 0.05) is 19.8 Å². The van der Waals surface area contributed by atoms with Crippen molar-refractivity contribution < 1.29 is 19.4 Å². The summed E-state index contributed by atoms with van der Waals surface area (Å²) in [4.78, 5) is 20.7. The average molecular weight is 564 g/mol. The number of nitrogens with one attached hydrogen (secondary N) is 2. The summed E-state index contributed by atoms with van der Waals surface area (Å²) >= 11 is 0. The van der Waals surface area contributed by atoms with Crippen molar-refractivity contribution in [3.63, 3.8) is 0 Å². The summed E-state index contributed by atoms with van der Waals surface area (Å²) < 4.78 is 5.93. The number of aliphatic hydroxyl groups is 1. The van der Waals surface area contributed by atoms with Crippen molar-refractivity contribution in [2.45, 2.75) is 72.7 Å². The molecule has 0 bridgehead atoms. The fourth-order valence-electron chi connectivity index (χ4n) is 3.15. The second-order valence-corrected chi connectivity index (χ2v) is 8.52. The summed E-state index contributed by atoms with van der Waals surface area (Å²) in [5.74, 6) is 12.0. The maximum atomic E-state index is 12.7. The molecule has 0 radical (unpaired) electrons. The minimum atomic E-state index is -1.12. The van der Waals surface area contributed by atoms with Gasteiger partial charge in [0.1, 0.15) is 12.3 Å². The Morgan fingerprint density at radius 1 is 1.00 bits per heavy atom. The molecule has 0 saturated carbocycles. The summed E-state index contributed by atoms with van der Waals surface area (Å²) in [6.45, 7) is 15.8. The van der Waals surface area contributed by atoms with E-state index < -0.39 is 11.1 Å². The first-order chi connectivity index (χ1) is 19.1. The fraction of sp³-hybridized carbons (Fsp3) is 0.483. The maximum absolute atomic E-state index is 12.7. The molecule has 0 heterocycles. The van der Waals surface area contributed by atoms with Crippen LogP contribution < -0.4 is 28.1 Å². The molecule has 1 amide bonds. The van der Waals surface area contributed by atoms with E-state index in [1.807, 2.05) is 96.1 Å². The Bertz CT molecular complexity index is 937. The zero-order valence-electron chi connectivity index (χ0n) is 25.8. The number of aliphatic hydroxyl groups excluding tert-OH is 1. The van der Waals surface area contributed by atoms with Crippen LogP contribution in [0.1, 0.15) is 59.6 Å². The van der Waals surface area contributed by atoms with E-state index in [2.05, 4.69) is 15.7 Å². The van der Waals surface area contributed by atoms with Crippen molar-refractivity contribution in [1.29, 1.82) is 0 Å². The first-order valence-corrected chi connectivity index (χ1v) is 13.1. The molecular formula is C29H53N7O4. The van der Waals surface area contributed by atoms with Gasteiger partial charge in [0.25, 0.3) is 0 Å². The minimum Gasteiger partial charge on any atom is -0.400 e. The van der Waals surface area contributed by atoms with Crippen molar-refractivity contribution >= 4 is 24.2 Å². The normalized spacial score (nSPS) is 11.7. The Labute approximate surface area is 241 Å². The van der Waals surface area contributed by atoms with Crippen LogP contribution in [-0.4, -0.2) is 60.5 Å². The lowest BCUT2D eigenvalue weighted by Gasteiger charge is -2.37. The van der Waals surface area contributed by atoms with Crippen molar-refractivity contribution in [2.75, 3.05) is 26.1 Å². The Hall–Kier alpha value is -3.51. The highest BCUT2D eigenvalue weighted by atomic mass is 16.5. The number of nitrogens with two attached hydrogens (primary N) is 3. The summed E-state index contributed by atoms with van der Waals surface area (Å²) in [5, 5.41) is 18.4. The van der Waals surface area contributed by atoms with Gasteiger partial charge in [-0.25, -0.2) is 5.84 Å². The molecule has 0 aliphatic heterocycles. The van der Waals surface area contributed by atoms with Crippen LogP contribution >= 0.6 is 0 Å². The smallest absolute Gasteiger partial charge is 0.240 e. The highest BCUT2D eigenvalue weighted by Gasteiger charge is 2.39. The molecule has 0 fully saturated rings. The number of hydrazine groups is 1. The van der Waals surface area contributed by atoms with E-state index in [9.17, 15) is 4.79 Å². The van der Waals surface area contributed by atoms with Crippen molar-refractivity contribution in [1.82, 2.24) is 10.3 Å². The first-order valence-electron chi connectivity index (χ1n) is 13.1. The molecule has 11 heteroatoms. The monoisotopic (exact) mass is 563 g/mol. The fourth-order valence-corrected chi connectivity index (χ4v) is 3.15. The first kappa shape index (κ1) is 41.0. The number of carbonyl (C=O) groups excluding carboxylic acids is 2. The molecule has 0 saturated heterocycles. The zero-order valence-corrected chi connectivity index (χ0v) is 25.8. The lowest BCUT2D eigenvalue weighted by atomic mass is 9.97. The molecule has 11 nitrogen and oxygen atoms in total. The van der Waals surface area contributed by atoms with Crippen LogP contribution in [0.3, 0.4) is 0 Å². The van der Waals surface area contributed by atoms with E-state index in [-0.39, 0.29) is 18.3 Å². The van der Waals surface area contributed by atoms with Crippen LogP contribution in [0.5, 0.6) is 0 Å². The highest BCUT2D eigenvalue weighted by Crippen LogP contribution is 2.17. The molecule has 0 aliphatic rings. The van der Waals surface area contributed by atoms with Gasteiger partial charge in [-0.1, -0.05) is 70.2 Å². The van der Waals surface area contributed by atoms with E-state index in [1.165, 1.54) is 5.01 Å². The Morgan fingerprint density at radius 2 is 1.52 bits per heavy atom. The van der Waals surface area contributed by atoms with Crippen LogP contribution in [0.2, 0.25) is 0 Å². The number of amidine groups is 1. The molecule has 2 rings (SSSR count). The molecule has 9 N–H and O–H groups in total. The van der Waals surface area contributed by atoms with Gasteiger partial charge >= 0.3 is 0 Å². The van der Waals surface area contributed by atoms with E-state index in [1.54, 1.807) is 20.8 Å². The van der Waals surface area contributed by atoms with E-state index in [4.69, 9.17) is 32.1 Å². The van der Waals surface area contributed by atoms with Crippen molar-refractivity contribution in [3.05, 3.63) is 65.7 Å². The molecule has 0 aliphatic carbocycles. The number of benzene rings is 2. The van der Waals surface area contributed by atoms with Gasteiger partial charge in [0.15, 0.2) is 5.84 Å². The van der Waals surface area contributed by atoms with Gasteiger partial charge in [-0.2, -0.15) is 5.10 Å². The Balaban J connectivity index is -0.00000157. The number of amides is 1. The van der Waals surface area contributed by atoms with Gasteiger partial charge in [-0.15, -0.1) is 0 Å². The number of carbonyl (C=O) groups is 2. The molecule has 2 aromatic carbocycles. The largest absolute Gasteiger partial charge is 0.400 e. The lowest BCUT2D eigenvalue weighted by Crippen LogP contribution is -2.65. The number of rotatable bonds is 10. The van der Waals surface area contributed by atoms with Gasteiger partial charge in [-0.05, 0) is 44.0 Å². The molecular weight excluding hydrogens is 510 g/mol. The second kappa shape index (κ2) is 23.4. The van der Waals surface area contributed by atoms with Crippen LogP contribution in [0.25, 0.3) is 0 Å². The lowest BCUT2D eigenvalue weighted by molar-refractivity contribution is -0.127. The molecule has 228 valence electrons. The number of ether oxygens (including phenoxy) is 1. The summed E-state index contributed by atoms with van der Waals surface area (Å²) in [6.07, 6.45) is 0. The van der Waals surface area contributed by atoms with E-state index in [0.29, 0.717) is 13.2 Å². The van der Waals surface area contributed by atoms with E-state index in [0.717, 1.165) is 23.9 Å². The van der Waals surface area contributed by atoms with Crippen molar-refractivity contribution in [3.8, 4) is 0 Å². The van der Waals surface area contributed by atoms with Gasteiger partial charge in [-0.3, -0.25) is 9.80 Å². The van der Waals surface area contributed by atoms with Crippen LogP contribution in [0.15, 0.2) is 59.7 Å². The van der Waals surface area contributed by atoms with E-state index >= 15 is 0 Å². The number of nitrogens with zero attached hydrogens (tertiary/aromatic N) is 2. The third-order valence-electron chi connectivity index (χ3n) is 4.93. The van der Waals surface area contributed by atoms with Gasteiger partial charge in [0.2, 0.25) is 5.91 Å². The van der Waals surface area contributed by atoms with Crippen LogP contribution in [-0.2, 0) is 27.5 Å². The van der Waals surface area contributed by atoms with Crippen LogP contribution in [0.4, 0.5) is 5.69 Å². The van der Waals surface area contributed by atoms with Crippen LogP contribution in [0, 0.1) is 0 Å². The highest BCUT2D eigenvalue weighted by molar-refractivity contribution is 5.96. The number of hydrazone groups is 1. The predicted octanol–water partition coefficient (Wildman–Crippen LogP) is 2.98. The maximum Gasteiger partial charge on any atom is 0.240 e. The molecule has 0 spiro atoms. The van der Waals surface area contributed by atoms with Gasteiger partial charge in [0.05, 0.1) is 25.3 Å². The Kier molecular flexibility index (Phi) is 24.0. The minimum absolute atomic E-state index is 0.0873. The Morgan fingerprint density at radius 3 is 2.00 bits per heavy atom. The number of hydrogen-bond acceptors (Lipinski definition) is 9. The number of anilines is 1. The summed E-state index contributed by atoms with van der Waals surface area (Å²) in [5.41, 5.74) is 6.67. The standard InChI is InChI=1S/C23H35N7O2.2C2H6.CH4O.CH2O/c1-22(2,24)21(31)28-23(3,16-32-15-17-9-6-5-7-10-17)20(29-25)30(26)14-18-11-8-12-19(13-18)27-4;4*1-2/h5-13,27H,14-16,24-26H2,1-4H3,(H,28,31);2*1-2H3;2H,1H3;1H2/b29-20-;;;;. The summed E-state index contributed by atoms with van der Waals surface area (Å²) in [7, 11) is 2.84. The average Bonchev–Trinajstić information content (AvgIpc) is 2.97. The molecule has 1 atom stereocenters. The molecule has 0 aromatic heterocycles. The zero-order chi connectivity index (χ0) is 31.8. The molecule has 40 heavy (non-hydrogen) atoms. The number of hydrogen-bond donors (Lipinski definition) is 6. The van der Waals surface area contributed by atoms with Gasteiger partial charge < -0.3 is 36.8 Å². The van der Waals surface area contributed by atoms with Crippen molar-refractivity contribution in [2.24, 2.45) is 22.5 Å². The topological polar surface area (TPSA) is 181 Å².